The van der Waals surface area contributed by atoms with E-state index in [0.29, 0.717) is 50.4 Å². The number of hydrazine groups is 1. The van der Waals surface area contributed by atoms with Crippen molar-refractivity contribution in [3.63, 3.8) is 0 Å². The number of likely N-dealkylation sites (N-methyl/N-ethyl adjacent to an activating group) is 1. The molecule has 6 heterocycles. The van der Waals surface area contributed by atoms with Crippen LogP contribution in [-0.2, 0) is 43.2 Å². The highest BCUT2D eigenvalue weighted by atomic mass is 32.1. The van der Waals surface area contributed by atoms with Crippen LogP contribution in [0.5, 0.6) is 0 Å². The minimum absolute atomic E-state index is 0. The summed E-state index contributed by atoms with van der Waals surface area (Å²) < 4.78 is 14.2. The Kier molecular flexibility index (Phi) is 19.5. The molecule has 6 bridgehead atoms. The van der Waals surface area contributed by atoms with Crippen molar-refractivity contribution in [3.05, 3.63) is 58.2 Å². The van der Waals surface area contributed by atoms with Crippen LogP contribution in [-0.4, -0.2) is 118 Å². The van der Waals surface area contributed by atoms with Crippen molar-refractivity contribution in [2.24, 2.45) is 17.1 Å². The summed E-state index contributed by atoms with van der Waals surface area (Å²) in [6.45, 7) is 14.1. The average Bonchev–Trinajstić information content (AvgIpc) is 3.81. The Morgan fingerprint density at radius 1 is 1.12 bits per heavy atom. The lowest BCUT2D eigenvalue weighted by Crippen LogP contribution is -2.64. The smallest absolute Gasteiger partial charge is 0.324 e. The number of carbonyl (C=O) groups excluding carboxylic acids is 4. The third-order valence-corrected chi connectivity index (χ3v) is 12.8. The number of nitrogens with two attached hydrogens (primary N) is 1. The van der Waals surface area contributed by atoms with Crippen LogP contribution in [0.15, 0.2) is 41.9 Å². The number of fused-ring (bicyclic) bond motifs is 6. The summed E-state index contributed by atoms with van der Waals surface area (Å²) in [6, 6.07) is 7.38. The summed E-state index contributed by atoms with van der Waals surface area (Å²) >= 11 is 1.42. The van der Waals surface area contributed by atoms with Crippen LogP contribution in [0.2, 0.25) is 0 Å². The van der Waals surface area contributed by atoms with Gasteiger partial charge in [-0.2, -0.15) is 54.0 Å². The lowest BCUT2D eigenvalue weighted by molar-refractivity contribution is -0.155. The second-order valence-electron chi connectivity index (χ2n) is 17.5. The predicted octanol–water partition coefficient (Wildman–Crippen LogP) is 5.37. The third kappa shape index (κ3) is 11.4. The molecular weight excluding hydrogens is 911 g/mol. The number of carbonyl (C=O) groups is 4. The number of methoxy groups -OCH3 is 1. The van der Waals surface area contributed by atoms with Gasteiger partial charge in [-0.25, -0.2) is 15.2 Å². The number of benzene rings is 1. The fourth-order valence-electron chi connectivity index (χ4n) is 8.76. The van der Waals surface area contributed by atoms with Crippen LogP contribution in [0.25, 0.3) is 33.4 Å². The van der Waals surface area contributed by atoms with Crippen molar-refractivity contribution in [2.45, 2.75) is 104 Å². The van der Waals surface area contributed by atoms with Crippen LogP contribution in [0.4, 0.5) is 4.79 Å². The molecule has 0 saturated carbocycles. The van der Waals surface area contributed by atoms with Crippen LogP contribution < -0.4 is 16.5 Å². The number of hydrogen-bond donors (Lipinski definition) is 3. The molecule has 2 saturated heterocycles. The number of hydrogen-bond acceptors (Lipinski definition) is 11. The maximum Gasteiger partial charge on any atom is 0.324 e. The Morgan fingerprint density at radius 2 is 1.84 bits per heavy atom. The van der Waals surface area contributed by atoms with Gasteiger partial charge in [0.05, 0.1) is 34.8 Å². The number of pyridine rings is 1. The SMILES string of the molecule is CCn1c(-c2cccnc2[C@H](C)OC)c2c3cc(ccc31)-c1csc(n1)C[C@H](NC(=O)[C@H](C(C)C)N(C)C(=O)N1CC(N)C1)C(=O)N1CCC[C@H](N1)C(=O)OCC(C)(C)C2.S.S.S.S. The topological polar surface area (TPSA) is 177 Å². The zero-order valence-corrected chi connectivity index (χ0v) is 42.8. The molecule has 3 aliphatic heterocycles. The number of aryl methyl sites for hydroxylation is 1. The van der Waals surface area contributed by atoms with Gasteiger partial charge in [-0.15, -0.1) is 11.3 Å². The van der Waals surface area contributed by atoms with E-state index in [2.05, 4.69) is 60.3 Å². The first-order chi connectivity index (χ1) is 28.6. The zero-order chi connectivity index (χ0) is 43.0. The minimum atomic E-state index is -1.04. The summed E-state index contributed by atoms with van der Waals surface area (Å²) in [5, 5.41) is 8.13. The van der Waals surface area contributed by atoms with Crippen LogP contribution in [0, 0.1) is 11.3 Å². The minimum Gasteiger partial charge on any atom is -0.464 e. The van der Waals surface area contributed by atoms with Gasteiger partial charge >= 0.3 is 12.0 Å². The number of likely N-dealkylation sites (tertiary alicyclic amines) is 1. The second kappa shape index (κ2) is 22.8. The Labute approximate surface area is 408 Å². The fraction of sp³-hybridized carbons (Fsp3) is 0.545. The first-order valence-corrected chi connectivity index (χ1v) is 21.9. The molecule has 4 atom stereocenters. The lowest BCUT2D eigenvalue weighted by atomic mass is 9.84. The molecule has 20 heteroatoms. The van der Waals surface area contributed by atoms with Gasteiger partial charge in [0.25, 0.3) is 5.91 Å². The van der Waals surface area contributed by atoms with Crippen LogP contribution in [0.1, 0.15) is 76.8 Å². The molecule has 7 rings (SSSR count). The molecule has 4 aromatic rings. The number of rotatable bonds is 8. The average molecular weight is 978 g/mol. The normalized spacial score (nSPS) is 19.7. The standard InChI is InChI=1S/C44H59N9O6S.4H2S/c1-9-52-35-15-14-27-18-30(35)31(39(52)29-12-10-16-46-37(29)26(4)58-8)20-44(5,6)24-59-42(56)32-13-11-17-53(49-32)41(55)33(19-36-47-34(27)23-60-36)48-40(54)38(25(2)3)50(7)43(57)51-21-28(45)22-51;;;;/h10,12,14-16,18,23,25-26,28,32-33,38,49H,9,11,13,17,19-22,24,45H2,1-8H3,(H,48,54);4*1H2/t26-,32-,33-,38-;;;;/m0..../s1. The van der Waals surface area contributed by atoms with Gasteiger partial charge < -0.3 is 34.9 Å². The third-order valence-electron chi connectivity index (χ3n) is 12.0. The highest BCUT2D eigenvalue weighted by Crippen LogP contribution is 2.42. The van der Waals surface area contributed by atoms with Gasteiger partial charge in [0.2, 0.25) is 5.91 Å². The molecule has 2 fully saturated rings. The van der Waals surface area contributed by atoms with E-state index in [0.717, 1.165) is 44.7 Å². The van der Waals surface area contributed by atoms with Gasteiger partial charge in [0, 0.05) is 91.8 Å². The summed E-state index contributed by atoms with van der Waals surface area (Å²) in [7, 11) is 3.29. The van der Waals surface area contributed by atoms with Crippen molar-refractivity contribution < 1.29 is 28.7 Å². The molecule has 4 amide bonds. The molecule has 0 radical (unpaired) electrons. The Hall–Kier alpha value is -3.50. The zero-order valence-electron chi connectivity index (χ0n) is 38.0. The summed E-state index contributed by atoms with van der Waals surface area (Å²) in [6.07, 6.45) is 3.28. The molecule has 15 nitrogen and oxygen atoms in total. The lowest BCUT2D eigenvalue weighted by Gasteiger charge is -2.42. The molecule has 354 valence electrons. The summed E-state index contributed by atoms with van der Waals surface area (Å²) in [5.41, 5.74) is 15.3. The predicted molar refractivity (Wildman–Crippen MR) is 272 cm³/mol. The largest absolute Gasteiger partial charge is 0.464 e. The first kappa shape index (κ1) is 54.8. The number of amides is 4. The Bertz CT molecular complexity index is 2260. The Morgan fingerprint density at radius 3 is 2.50 bits per heavy atom. The number of ether oxygens (including phenoxy) is 2. The molecule has 64 heavy (non-hydrogen) atoms. The molecule has 3 aromatic heterocycles. The van der Waals surface area contributed by atoms with Crippen molar-refractivity contribution in [3.8, 4) is 22.5 Å². The van der Waals surface area contributed by atoms with Gasteiger partial charge in [-0.1, -0.05) is 33.8 Å². The van der Waals surface area contributed by atoms with Gasteiger partial charge in [-0.3, -0.25) is 24.4 Å². The number of nitrogens with zero attached hydrogens (tertiary/aromatic N) is 6. The monoisotopic (exact) mass is 977 g/mol. The van der Waals surface area contributed by atoms with E-state index in [9.17, 15) is 19.2 Å². The molecule has 0 aliphatic carbocycles. The van der Waals surface area contributed by atoms with Gasteiger partial charge in [0.1, 0.15) is 18.1 Å². The van der Waals surface area contributed by atoms with Gasteiger partial charge in [0.15, 0.2) is 0 Å². The van der Waals surface area contributed by atoms with Crippen LogP contribution >= 0.6 is 65.3 Å². The maximum absolute atomic E-state index is 14.5. The number of nitrogens with one attached hydrogen (secondary N) is 2. The molecule has 1 aromatic carbocycles. The molecule has 0 spiro atoms. The van der Waals surface area contributed by atoms with Crippen LogP contribution in [0.3, 0.4) is 0 Å². The molecular formula is C44H67N9O6S5. The van der Waals surface area contributed by atoms with E-state index in [4.69, 9.17) is 25.2 Å². The second-order valence-corrected chi connectivity index (χ2v) is 18.5. The van der Waals surface area contributed by atoms with Crippen molar-refractivity contribution >= 4 is 100 Å². The quantitative estimate of drug-likeness (QED) is 0.195. The Balaban J connectivity index is 0.00000272. The number of cyclic esters (lactones) is 1. The number of thiazole rings is 1. The van der Waals surface area contributed by atoms with E-state index in [1.165, 1.54) is 21.2 Å². The fourth-order valence-corrected chi connectivity index (χ4v) is 9.61. The number of aromatic nitrogens is 3. The maximum atomic E-state index is 14.5. The summed E-state index contributed by atoms with van der Waals surface area (Å²) in [4.78, 5) is 68.7. The molecule has 0 unspecified atom stereocenters. The summed E-state index contributed by atoms with van der Waals surface area (Å²) in [5.74, 6) is -1.56. The van der Waals surface area contributed by atoms with Crippen molar-refractivity contribution in [1.82, 2.24) is 40.1 Å². The van der Waals surface area contributed by atoms with E-state index in [-0.39, 0.29) is 91.1 Å². The van der Waals surface area contributed by atoms with Gasteiger partial charge in [-0.05, 0) is 68.9 Å². The molecule has 3 aliphatic rings. The highest BCUT2D eigenvalue weighted by molar-refractivity contribution is 7.59. The van der Waals surface area contributed by atoms with E-state index < -0.39 is 41.3 Å². The van der Waals surface area contributed by atoms with E-state index in [1.807, 2.05) is 32.2 Å². The highest BCUT2D eigenvalue weighted by Gasteiger charge is 2.40. The van der Waals surface area contributed by atoms with E-state index >= 15 is 0 Å². The number of esters is 1. The van der Waals surface area contributed by atoms with Crippen molar-refractivity contribution in [2.75, 3.05) is 40.4 Å². The number of urea groups is 1. The van der Waals surface area contributed by atoms with Crippen molar-refractivity contribution in [1.29, 1.82) is 0 Å². The molecule has 4 N–H and O–H groups in total. The first-order valence-electron chi connectivity index (χ1n) is 21.0. The van der Waals surface area contributed by atoms with E-state index in [1.54, 1.807) is 25.3 Å².